The van der Waals surface area contributed by atoms with Gasteiger partial charge in [-0.3, -0.25) is 19.5 Å². The summed E-state index contributed by atoms with van der Waals surface area (Å²) in [5.41, 5.74) is 2.14. The van der Waals surface area contributed by atoms with Crippen molar-refractivity contribution in [1.82, 2.24) is 14.7 Å². The molecule has 0 radical (unpaired) electrons. The molecule has 1 aromatic heterocycles. The maximum atomic E-state index is 13.5. The molecular formula is C28H33Cl2N3O3. The Kier molecular flexibility index (Phi) is 8.52. The van der Waals surface area contributed by atoms with Crippen LogP contribution in [0.25, 0.3) is 5.69 Å². The van der Waals surface area contributed by atoms with Gasteiger partial charge >= 0.3 is 0 Å². The molecule has 36 heavy (non-hydrogen) atoms. The molecule has 0 aliphatic carbocycles. The van der Waals surface area contributed by atoms with E-state index in [2.05, 4.69) is 25.9 Å². The molecule has 8 heteroatoms. The van der Waals surface area contributed by atoms with Crippen LogP contribution >= 0.6 is 23.2 Å². The predicted octanol–water partition coefficient (Wildman–Crippen LogP) is 6.63. The molecule has 0 aliphatic heterocycles. The third-order valence-electron chi connectivity index (χ3n) is 6.05. The van der Waals surface area contributed by atoms with E-state index in [9.17, 15) is 14.4 Å². The summed E-state index contributed by atoms with van der Waals surface area (Å²) >= 11 is 12.2. The molecule has 3 rings (SSSR count). The lowest BCUT2D eigenvalue weighted by molar-refractivity contribution is 0.0709. The molecular weight excluding hydrogens is 497 g/mol. The summed E-state index contributed by atoms with van der Waals surface area (Å²) < 4.78 is 1.29. The van der Waals surface area contributed by atoms with Crippen molar-refractivity contribution in [2.75, 3.05) is 13.1 Å². The third kappa shape index (κ3) is 5.93. The first-order chi connectivity index (χ1) is 16.8. The number of hydrogen-bond donors (Lipinski definition) is 1. The van der Waals surface area contributed by atoms with Gasteiger partial charge in [0.25, 0.3) is 11.5 Å². The molecule has 1 heterocycles. The summed E-state index contributed by atoms with van der Waals surface area (Å²) in [5, 5.41) is 3.72. The first-order valence-electron chi connectivity index (χ1n) is 12.1. The van der Waals surface area contributed by atoms with E-state index in [0.29, 0.717) is 40.0 Å². The average molecular weight is 530 g/mol. The molecule has 0 spiro atoms. The van der Waals surface area contributed by atoms with Crippen LogP contribution in [0, 0.1) is 0 Å². The largest absolute Gasteiger partial charge is 0.331 e. The number of H-pyrrole nitrogens is 1. The van der Waals surface area contributed by atoms with Gasteiger partial charge in [0, 0.05) is 12.1 Å². The van der Waals surface area contributed by atoms with Gasteiger partial charge in [-0.15, -0.1) is 0 Å². The number of Topliss-reactive ketones (excluding diaryl/α,β-unsaturated/α-hetero) is 1. The number of hydrogen-bond acceptors (Lipinski definition) is 3. The van der Waals surface area contributed by atoms with Crippen LogP contribution in [0.3, 0.4) is 0 Å². The molecule has 0 bridgehead atoms. The quantitative estimate of drug-likeness (QED) is 0.332. The lowest BCUT2D eigenvalue weighted by Gasteiger charge is -2.23. The normalized spacial score (nSPS) is 11.7. The second-order valence-electron chi connectivity index (χ2n) is 10.3. The highest BCUT2D eigenvalue weighted by molar-refractivity contribution is 6.42. The highest BCUT2D eigenvalue weighted by Gasteiger charge is 2.27. The molecule has 3 aromatic rings. The number of nitrogens with zero attached hydrogens (tertiary/aromatic N) is 2. The van der Waals surface area contributed by atoms with E-state index in [-0.39, 0.29) is 29.3 Å². The van der Waals surface area contributed by atoms with Gasteiger partial charge in [0.05, 0.1) is 28.0 Å². The summed E-state index contributed by atoms with van der Waals surface area (Å²) in [6.45, 7) is 12.3. The average Bonchev–Trinajstić information content (AvgIpc) is 3.17. The SMILES string of the molecule is CCCN(CC(=O)c1c(C(C)C)[nH]n(-c2ccc(Cl)c(Cl)c2)c1=O)C(=O)c1ccc(C(C)(C)C)cc1. The van der Waals surface area contributed by atoms with Crippen LogP contribution in [-0.2, 0) is 5.41 Å². The van der Waals surface area contributed by atoms with Crippen molar-refractivity contribution < 1.29 is 9.59 Å². The summed E-state index contributed by atoms with van der Waals surface area (Å²) in [6.07, 6.45) is 0.677. The van der Waals surface area contributed by atoms with Crippen molar-refractivity contribution in [1.29, 1.82) is 0 Å². The summed E-state index contributed by atoms with van der Waals surface area (Å²) in [6, 6.07) is 12.3. The van der Waals surface area contributed by atoms with Crippen molar-refractivity contribution in [2.45, 2.75) is 59.3 Å². The number of carbonyl (C=O) groups is 2. The minimum atomic E-state index is -0.486. The molecule has 1 N–H and O–H groups in total. The highest BCUT2D eigenvalue weighted by Crippen LogP contribution is 2.25. The Labute approximate surface area is 222 Å². The van der Waals surface area contributed by atoms with Gasteiger partial charge in [0.1, 0.15) is 5.56 Å². The van der Waals surface area contributed by atoms with E-state index < -0.39 is 11.3 Å². The molecule has 0 unspecified atom stereocenters. The number of nitrogens with one attached hydrogen (secondary N) is 1. The Bertz CT molecular complexity index is 1320. The monoisotopic (exact) mass is 529 g/mol. The fraction of sp³-hybridized carbons (Fsp3) is 0.393. The van der Waals surface area contributed by atoms with Gasteiger partial charge < -0.3 is 4.90 Å². The van der Waals surface area contributed by atoms with Gasteiger partial charge in [-0.25, -0.2) is 4.68 Å². The molecule has 0 saturated carbocycles. The third-order valence-corrected chi connectivity index (χ3v) is 6.79. The fourth-order valence-corrected chi connectivity index (χ4v) is 4.31. The highest BCUT2D eigenvalue weighted by atomic mass is 35.5. The van der Waals surface area contributed by atoms with E-state index in [1.807, 2.05) is 32.9 Å². The second-order valence-corrected chi connectivity index (χ2v) is 11.1. The maximum Gasteiger partial charge on any atom is 0.282 e. The Morgan fingerprint density at radius 1 is 1.03 bits per heavy atom. The van der Waals surface area contributed by atoms with Gasteiger partial charge in [-0.2, -0.15) is 0 Å². The van der Waals surface area contributed by atoms with Crippen molar-refractivity contribution in [3.63, 3.8) is 0 Å². The molecule has 0 fully saturated rings. The van der Waals surface area contributed by atoms with Gasteiger partial charge in [0.15, 0.2) is 5.78 Å². The number of benzene rings is 2. The number of amides is 1. The minimum absolute atomic E-state index is 0.0314. The zero-order valence-corrected chi connectivity index (χ0v) is 23.1. The molecule has 1 amide bonds. The van der Waals surface area contributed by atoms with Crippen LogP contribution in [0.5, 0.6) is 0 Å². The van der Waals surface area contributed by atoms with Gasteiger partial charge in [0.2, 0.25) is 0 Å². The molecule has 192 valence electrons. The number of aromatic nitrogens is 2. The van der Waals surface area contributed by atoms with E-state index in [1.54, 1.807) is 30.3 Å². The van der Waals surface area contributed by atoms with E-state index in [4.69, 9.17) is 23.2 Å². The lowest BCUT2D eigenvalue weighted by atomic mass is 9.86. The molecule has 0 saturated heterocycles. The van der Waals surface area contributed by atoms with E-state index in [1.165, 1.54) is 9.58 Å². The number of ketones is 1. The smallest absolute Gasteiger partial charge is 0.282 e. The Morgan fingerprint density at radius 3 is 2.19 bits per heavy atom. The van der Waals surface area contributed by atoms with Crippen molar-refractivity contribution in [3.05, 3.63) is 85.2 Å². The van der Waals surface area contributed by atoms with Crippen molar-refractivity contribution >= 4 is 34.9 Å². The first kappa shape index (κ1) is 27.8. The standard InChI is InChI=1S/C28H33Cl2N3O3/c1-7-14-32(26(35)18-8-10-19(11-9-18)28(4,5)6)16-23(34)24-25(17(2)3)31-33(27(24)36)20-12-13-21(29)22(30)15-20/h8-13,15,17,31H,7,14,16H2,1-6H3. The molecule has 2 aromatic carbocycles. The summed E-state index contributed by atoms with van der Waals surface area (Å²) in [4.78, 5) is 41.7. The summed E-state index contributed by atoms with van der Waals surface area (Å²) in [7, 11) is 0. The van der Waals surface area contributed by atoms with E-state index in [0.717, 1.165) is 5.56 Å². The molecule has 0 atom stereocenters. The fourth-order valence-electron chi connectivity index (χ4n) is 4.02. The van der Waals surface area contributed by atoms with Crippen LogP contribution in [0.1, 0.15) is 85.9 Å². The predicted molar refractivity (Wildman–Crippen MR) is 146 cm³/mol. The van der Waals surface area contributed by atoms with Crippen molar-refractivity contribution in [2.24, 2.45) is 0 Å². The van der Waals surface area contributed by atoms with Gasteiger partial charge in [-0.05, 0) is 53.6 Å². The topological polar surface area (TPSA) is 75.2 Å². The Balaban J connectivity index is 1.95. The molecule has 0 aliphatic rings. The molecule has 6 nitrogen and oxygen atoms in total. The zero-order valence-electron chi connectivity index (χ0n) is 21.6. The number of halogens is 2. The Morgan fingerprint density at radius 2 is 1.67 bits per heavy atom. The van der Waals surface area contributed by atoms with Crippen LogP contribution in [0.2, 0.25) is 10.0 Å². The second kappa shape index (κ2) is 11.1. The maximum absolute atomic E-state index is 13.5. The van der Waals surface area contributed by atoms with Crippen molar-refractivity contribution in [3.8, 4) is 5.69 Å². The zero-order chi connectivity index (χ0) is 26.8. The van der Waals surface area contributed by atoms with Gasteiger partial charge in [-0.1, -0.05) is 76.9 Å². The van der Waals surface area contributed by atoms with Crippen LogP contribution in [-0.4, -0.2) is 39.5 Å². The van der Waals surface area contributed by atoms with Crippen LogP contribution < -0.4 is 5.56 Å². The van der Waals surface area contributed by atoms with Crippen LogP contribution in [0.4, 0.5) is 0 Å². The first-order valence-corrected chi connectivity index (χ1v) is 12.8. The summed E-state index contributed by atoms with van der Waals surface area (Å²) in [5.74, 6) is -0.773. The van der Waals surface area contributed by atoms with E-state index >= 15 is 0 Å². The number of carbonyl (C=O) groups excluding carboxylic acids is 2. The minimum Gasteiger partial charge on any atom is -0.331 e. The van der Waals surface area contributed by atoms with Crippen LogP contribution in [0.15, 0.2) is 47.3 Å². The Hall–Kier alpha value is -2.83. The number of rotatable bonds is 8. The number of aromatic amines is 1. The lowest BCUT2D eigenvalue weighted by Crippen LogP contribution is -2.38.